The number of halogens is 1. The van der Waals surface area contributed by atoms with Gasteiger partial charge in [-0.2, -0.15) is 0 Å². The third kappa shape index (κ3) is 4.42. The average Bonchev–Trinajstić information content (AvgIpc) is 2.37. The first kappa shape index (κ1) is 17.4. The van der Waals surface area contributed by atoms with Gasteiger partial charge in [-0.3, -0.25) is 0 Å². The second-order valence-corrected chi connectivity index (χ2v) is 6.82. The highest BCUT2D eigenvalue weighted by Gasteiger charge is 2.22. The third-order valence-corrected chi connectivity index (χ3v) is 3.78. The van der Waals surface area contributed by atoms with Crippen LogP contribution in [-0.4, -0.2) is 34.3 Å². The Hall–Kier alpha value is -0.680. The highest BCUT2D eigenvalue weighted by atomic mass is 79.9. The molecule has 20 heavy (non-hydrogen) atoms. The van der Waals surface area contributed by atoms with E-state index in [9.17, 15) is 5.11 Å². The van der Waals surface area contributed by atoms with Gasteiger partial charge in [-0.05, 0) is 28.8 Å². The van der Waals surface area contributed by atoms with Crippen molar-refractivity contribution in [1.29, 1.82) is 0 Å². The molecule has 0 atom stereocenters. The van der Waals surface area contributed by atoms with Gasteiger partial charge in [0.2, 0.25) is 0 Å². The van der Waals surface area contributed by atoms with Gasteiger partial charge in [0.1, 0.15) is 16.2 Å². The Bertz CT molecular complexity index is 428. The van der Waals surface area contributed by atoms with E-state index in [2.05, 4.69) is 60.4 Å². The zero-order valence-corrected chi connectivity index (χ0v) is 14.7. The van der Waals surface area contributed by atoms with Crippen molar-refractivity contribution in [2.45, 2.75) is 58.9 Å². The molecular formula is C15H26BrN3O. The molecule has 1 aromatic heterocycles. The van der Waals surface area contributed by atoms with Crippen molar-refractivity contribution in [3.63, 3.8) is 0 Å². The Morgan fingerprint density at radius 1 is 1.25 bits per heavy atom. The van der Waals surface area contributed by atoms with Crippen LogP contribution in [0.1, 0.15) is 53.3 Å². The molecule has 0 spiro atoms. The number of hydrogen-bond donors (Lipinski definition) is 1. The molecule has 0 radical (unpaired) electrons. The zero-order valence-electron chi connectivity index (χ0n) is 13.1. The summed E-state index contributed by atoms with van der Waals surface area (Å²) in [5.74, 6) is 1.70. The highest BCUT2D eigenvalue weighted by molar-refractivity contribution is 9.10. The monoisotopic (exact) mass is 343 g/mol. The summed E-state index contributed by atoms with van der Waals surface area (Å²) in [5.41, 5.74) is -0.0999. The molecule has 1 rings (SSSR count). The molecule has 0 aliphatic carbocycles. The van der Waals surface area contributed by atoms with Gasteiger partial charge in [-0.25, -0.2) is 9.97 Å². The van der Waals surface area contributed by atoms with E-state index in [4.69, 9.17) is 4.98 Å². The van der Waals surface area contributed by atoms with E-state index in [1.165, 1.54) is 0 Å². The maximum atomic E-state index is 9.34. The number of nitrogens with zero attached hydrogens (tertiary/aromatic N) is 3. The first-order chi connectivity index (χ1) is 9.33. The lowest BCUT2D eigenvalue weighted by molar-refractivity contribution is 0.295. The minimum absolute atomic E-state index is 0.0999. The van der Waals surface area contributed by atoms with E-state index in [0.29, 0.717) is 12.6 Å². The maximum absolute atomic E-state index is 9.34. The number of aliphatic hydroxyl groups is 1. The third-order valence-electron chi connectivity index (χ3n) is 3.37. The molecule has 0 saturated heterocycles. The number of rotatable bonds is 6. The fourth-order valence-corrected chi connectivity index (χ4v) is 2.58. The molecule has 0 aromatic carbocycles. The molecule has 1 aromatic rings. The Morgan fingerprint density at radius 2 is 1.85 bits per heavy atom. The van der Waals surface area contributed by atoms with Crippen molar-refractivity contribution in [1.82, 2.24) is 9.97 Å². The number of anilines is 1. The van der Waals surface area contributed by atoms with Gasteiger partial charge in [0, 0.05) is 24.1 Å². The van der Waals surface area contributed by atoms with Crippen molar-refractivity contribution in [3.05, 3.63) is 16.5 Å². The molecule has 0 unspecified atom stereocenters. The van der Waals surface area contributed by atoms with E-state index < -0.39 is 0 Å². The molecule has 5 heteroatoms. The van der Waals surface area contributed by atoms with E-state index >= 15 is 0 Å². The van der Waals surface area contributed by atoms with Gasteiger partial charge in [-0.1, -0.05) is 34.6 Å². The van der Waals surface area contributed by atoms with Gasteiger partial charge in [0.25, 0.3) is 0 Å². The van der Waals surface area contributed by atoms with Gasteiger partial charge < -0.3 is 10.0 Å². The van der Waals surface area contributed by atoms with Crippen molar-refractivity contribution in [2.24, 2.45) is 0 Å². The predicted octanol–water partition coefficient (Wildman–Crippen LogP) is 3.52. The molecule has 4 nitrogen and oxygen atoms in total. The Labute approximate surface area is 130 Å². The topological polar surface area (TPSA) is 49.2 Å². The predicted molar refractivity (Wildman–Crippen MR) is 87.2 cm³/mol. The van der Waals surface area contributed by atoms with Gasteiger partial charge >= 0.3 is 0 Å². The molecule has 1 heterocycles. The van der Waals surface area contributed by atoms with Crippen LogP contribution in [0.3, 0.4) is 0 Å². The second-order valence-electron chi connectivity index (χ2n) is 6.01. The molecule has 114 valence electrons. The summed E-state index contributed by atoms with van der Waals surface area (Å²) < 4.78 is 0.793. The zero-order chi connectivity index (χ0) is 15.3. The van der Waals surface area contributed by atoms with Crippen LogP contribution in [-0.2, 0) is 5.41 Å². The Kier molecular flexibility index (Phi) is 6.40. The van der Waals surface area contributed by atoms with E-state index in [-0.39, 0.29) is 12.0 Å². The van der Waals surface area contributed by atoms with Crippen LogP contribution in [0.15, 0.2) is 10.7 Å². The van der Waals surface area contributed by atoms with Crippen LogP contribution in [0.4, 0.5) is 5.82 Å². The number of hydrogen-bond acceptors (Lipinski definition) is 4. The van der Waals surface area contributed by atoms with Gasteiger partial charge in [0.15, 0.2) is 0 Å². The molecular weight excluding hydrogens is 318 g/mol. The van der Waals surface area contributed by atoms with Crippen LogP contribution in [0.5, 0.6) is 0 Å². The lowest BCUT2D eigenvalue weighted by atomic mass is 9.96. The molecule has 0 fully saturated rings. The minimum atomic E-state index is -0.0999. The van der Waals surface area contributed by atoms with E-state index in [1.54, 1.807) is 0 Å². The standard InChI is InChI=1S/C15H26BrN3O/c1-6-11(7-2)19(8-9-20)13-10-12(16)17-14(18-13)15(3,4)5/h10-11,20H,6-9H2,1-5H3. The fraction of sp³-hybridized carbons (Fsp3) is 0.733. The van der Waals surface area contributed by atoms with Crippen molar-refractivity contribution < 1.29 is 5.11 Å². The lowest BCUT2D eigenvalue weighted by Gasteiger charge is -2.32. The summed E-state index contributed by atoms with van der Waals surface area (Å²) in [6.07, 6.45) is 2.06. The quantitative estimate of drug-likeness (QED) is 0.802. The number of aliphatic hydroxyl groups excluding tert-OH is 1. The van der Waals surface area contributed by atoms with Gasteiger partial charge in [-0.15, -0.1) is 0 Å². The summed E-state index contributed by atoms with van der Waals surface area (Å²) >= 11 is 3.48. The summed E-state index contributed by atoms with van der Waals surface area (Å²) in [5, 5.41) is 9.34. The molecule has 0 aliphatic heterocycles. The van der Waals surface area contributed by atoms with Crippen LogP contribution < -0.4 is 4.90 Å². The lowest BCUT2D eigenvalue weighted by Crippen LogP contribution is -2.38. The van der Waals surface area contributed by atoms with Crippen LogP contribution in [0.25, 0.3) is 0 Å². The first-order valence-corrected chi connectivity index (χ1v) is 8.05. The number of aromatic nitrogens is 2. The summed E-state index contributed by atoms with van der Waals surface area (Å²) in [6, 6.07) is 2.32. The van der Waals surface area contributed by atoms with Crippen LogP contribution in [0, 0.1) is 0 Å². The molecule has 0 aliphatic rings. The van der Waals surface area contributed by atoms with Crippen LogP contribution >= 0.6 is 15.9 Å². The molecule has 0 saturated carbocycles. The molecule has 0 amide bonds. The van der Waals surface area contributed by atoms with Crippen LogP contribution in [0.2, 0.25) is 0 Å². The van der Waals surface area contributed by atoms with Crippen molar-refractivity contribution in [3.8, 4) is 0 Å². The fourth-order valence-electron chi connectivity index (χ4n) is 2.21. The first-order valence-electron chi connectivity index (χ1n) is 7.26. The van der Waals surface area contributed by atoms with Crippen molar-refractivity contribution >= 4 is 21.7 Å². The summed E-state index contributed by atoms with van der Waals surface area (Å²) in [6.45, 7) is 11.4. The molecule has 0 bridgehead atoms. The molecule has 1 N–H and O–H groups in total. The van der Waals surface area contributed by atoms with E-state index in [1.807, 2.05) is 6.07 Å². The second kappa shape index (κ2) is 7.36. The summed E-state index contributed by atoms with van der Waals surface area (Å²) in [4.78, 5) is 11.4. The Balaban J connectivity index is 3.22. The van der Waals surface area contributed by atoms with E-state index in [0.717, 1.165) is 29.1 Å². The largest absolute Gasteiger partial charge is 0.395 e. The van der Waals surface area contributed by atoms with Crippen molar-refractivity contribution in [2.75, 3.05) is 18.1 Å². The SMILES string of the molecule is CCC(CC)N(CCO)c1cc(Br)nc(C(C)(C)C)n1. The normalized spacial score (nSPS) is 12.0. The summed E-state index contributed by atoms with van der Waals surface area (Å²) in [7, 11) is 0. The van der Waals surface area contributed by atoms with Gasteiger partial charge in [0.05, 0.1) is 6.61 Å². The average molecular weight is 344 g/mol. The maximum Gasteiger partial charge on any atom is 0.137 e. The highest BCUT2D eigenvalue weighted by Crippen LogP contribution is 2.26. The Morgan fingerprint density at radius 3 is 2.30 bits per heavy atom. The smallest absolute Gasteiger partial charge is 0.137 e. The minimum Gasteiger partial charge on any atom is -0.395 e.